The van der Waals surface area contributed by atoms with E-state index in [2.05, 4.69) is 10.3 Å². The first-order valence-corrected chi connectivity index (χ1v) is 7.10. The number of aromatic amines is 1. The van der Waals surface area contributed by atoms with Gasteiger partial charge in [-0.25, -0.2) is 0 Å². The molecule has 21 heavy (non-hydrogen) atoms. The number of para-hydroxylation sites is 1. The third-order valence-electron chi connectivity index (χ3n) is 3.39. The fraction of sp³-hybridized carbons (Fsp3) is 0.375. The standard InChI is InChI=1S/C16H20N2O3/c1-3-11(2)18-15(19)10-21-16(20)8-12-9-17-14-7-5-4-6-13(12)14/h4-7,9,11,17H,3,8,10H2,1-2H3,(H,18,19)/t11-/m1/s1. The Hall–Kier alpha value is -2.30. The van der Waals surface area contributed by atoms with Crippen molar-refractivity contribution in [2.24, 2.45) is 0 Å². The number of hydrogen-bond acceptors (Lipinski definition) is 3. The zero-order chi connectivity index (χ0) is 15.2. The van der Waals surface area contributed by atoms with Crippen molar-refractivity contribution in [1.29, 1.82) is 0 Å². The summed E-state index contributed by atoms with van der Waals surface area (Å²) in [4.78, 5) is 26.4. The van der Waals surface area contributed by atoms with Gasteiger partial charge in [0, 0.05) is 23.1 Å². The average Bonchev–Trinajstić information content (AvgIpc) is 2.88. The first-order valence-electron chi connectivity index (χ1n) is 7.10. The number of amides is 1. The van der Waals surface area contributed by atoms with Crippen LogP contribution < -0.4 is 5.32 Å². The Labute approximate surface area is 123 Å². The van der Waals surface area contributed by atoms with E-state index in [1.54, 1.807) is 6.20 Å². The maximum Gasteiger partial charge on any atom is 0.310 e. The molecule has 1 aromatic heterocycles. The average molecular weight is 288 g/mol. The molecular weight excluding hydrogens is 268 g/mol. The molecule has 5 heteroatoms. The van der Waals surface area contributed by atoms with Gasteiger partial charge in [0.25, 0.3) is 5.91 Å². The number of ether oxygens (including phenoxy) is 1. The van der Waals surface area contributed by atoms with E-state index < -0.39 is 5.97 Å². The van der Waals surface area contributed by atoms with Crippen LogP contribution in [0.15, 0.2) is 30.5 Å². The molecule has 2 rings (SSSR count). The van der Waals surface area contributed by atoms with Gasteiger partial charge in [0.2, 0.25) is 0 Å². The zero-order valence-electron chi connectivity index (χ0n) is 12.3. The molecule has 0 spiro atoms. The van der Waals surface area contributed by atoms with Crippen molar-refractivity contribution in [3.05, 3.63) is 36.0 Å². The predicted molar refractivity (Wildman–Crippen MR) is 80.9 cm³/mol. The van der Waals surface area contributed by atoms with Crippen molar-refractivity contribution in [3.63, 3.8) is 0 Å². The second kappa shape index (κ2) is 6.92. The molecule has 0 aliphatic carbocycles. The second-order valence-electron chi connectivity index (χ2n) is 5.07. The van der Waals surface area contributed by atoms with Crippen molar-refractivity contribution in [2.75, 3.05) is 6.61 Å². The summed E-state index contributed by atoms with van der Waals surface area (Å²) in [5.41, 5.74) is 1.85. The monoisotopic (exact) mass is 288 g/mol. The van der Waals surface area contributed by atoms with E-state index in [1.165, 1.54) is 0 Å². The number of H-pyrrole nitrogens is 1. The van der Waals surface area contributed by atoms with E-state index in [4.69, 9.17) is 4.74 Å². The molecule has 0 aliphatic heterocycles. The fourth-order valence-electron chi connectivity index (χ4n) is 2.05. The number of aromatic nitrogens is 1. The topological polar surface area (TPSA) is 71.2 Å². The highest BCUT2D eigenvalue weighted by Gasteiger charge is 2.12. The number of nitrogens with one attached hydrogen (secondary N) is 2. The highest BCUT2D eigenvalue weighted by atomic mass is 16.5. The molecule has 0 saturated heterocycles. The Bertz CT molecular complexity index is 633. The van der Waals surface area contributed by atoms with Crippen molar-refractivity contribution in [1.82, 2.24) is 10.3 Å². The SMILES string of the molecule is CC[C@@H](C)NC(=O)COC(=O)Cc1c[nH]c2ccccc12. The minimum atomic E-state index is -0.404. The largest absolute Gasteiger partial charge is 0.455 e. The molecule has 0 unspecified atom stereocenters. The van der Waals surface area contributed by atoms with Crippen LogP contribution in [0.4, 0.5) is 0 Å². The Morgan fingerprint density at radius 2 is 2.10 bits per heavy atom. The van der Waals surface area contributed by atoms with Crippen molar-refractivity contribution >= 4 is 22.8 Å². The van der Waals surface area contributed by atoms with Gasteiger partial charge < -0.3 is 15.0 Å². The van der Waals surface area contributed by atoms with E-state index in [9.17, 15) is 9.59 Å². The van der Waals surface area contributed by atoms with Gasteiger partial charge >= 0.3 is 5.97 Å². The zero-order valence-corrected chi connectivity index (χ0v) is 12.3. The molecule has 5 nitrogen and oxygen atoms in total. The van der Waals surface area contributed by atoms with E-state index in [1.807, 2.05) is 38.1 Å². The Morgan fingerprint density at radius 3 is 2.86 bits per heavy atom. The van der Waals surface area contributed by atoms with Gasteiger partial charge in [-0.2, -0.15) is 0 Å². The lowest BCUT2D eigenvalue weighted by Crippen LogP contribution is -2.35. The van der Waals surface area contributed by atoms with E-state index in [0.717, 1.165) is 22.9 Å². The summed E-state index contributed by atoms with van der Waals surface area (Å²) in [5.74, 6) is -0.671. The summed E-state index contributed by atoms with van der Waals surface area (Å²) in [6.45, 7) is 3.66. The molecule has 2 N–H and O–H groups in total. The molecule has 1 amide bonds. The van der Waals surface area contributed by atoms with Gasteiger partial charge in [-0.15, -0.1) is 0 Å². The predicted octanol–water partition coefficient (Wildman–Crippen LogP) is 2.17. The maximum absolute atomic E-state index is 11.8. The second-order valence-corrected chi connectivity index (χ2v) is 5.07. The van der Waals surface area contributed by atoms with E-state index >= 15 is 0 Å². The van der Waals surface area contributed by atoms with Crippen molar-refractivity contribution < 1.29 is 14.3 Å². The van der Waals surface area contributed by atoms with Crippen LogP contribution in [0.1, 0.15) is 25.8 Å². The third kappa shape index (κ3) is 4.08. The maximum atomic E-state index is 11.8. The normalized spacial score (nSPS) is 12.1. The van der Waals surface area contributed by atoms with E-state index in [0.29, 0.717) is 0 Å². The van der Waals surface area contributed by atoms with Crippen LogP contribution >= 0.6 is 0 Å². The number of benzene rings is 1. The van der Waals surface area contributed by atoms with E-state index in [-0.39, 0.29) is 25.0 Å². The van der Waals surface area contributed by atoms with Crippen LogP contribution in [-0.4, -0.2) is 29.5 Å². The summed E-state index contributed by atoms with van der Waals surface area (Å²) < 4.78 is 5.01. The molecule has 0 fully saturated rings. The Kier molecular flexibility index (Phi) is 4.98. The third-order valence-corrected chi connectivity index (χ3v) is 3.39. The number of esters is 1. The first-order chi connectivity index (χ1) is 10.1. The summed E-state index contributed by atoms with van der Waals surface area (Å²) in [5, 5.41) is 3.75. The minimum absolute atomic E-state index is 0.0878. The van der Waals surface area contributed by atoms with Gasteiger partial charge in [0.1, 0.15) is 0 Å². The molecule has 0 saturated carbocycles. The molecule has 0 bridgehead atoms. The fourth-order valence-corrected chi connectivity index (χ4v) is 2.05. The molecule has 2 aromatic rings. The highest BCUT2D eigenvalue weighted by Crippen LogP contribution is 2.18. The number of carbonyl (C=O) groups excluding carboxylic acids is 2. The van der Waals surface area contributed by atoms with Gasteiger partial charge in [-0.05, 0) is 25.0 Å². The van der Waals surface area contributed by atoms with Crippen LogP contribution in [0, 0.1) is 0 Å². The number of rotatable bonds is 6. The van der Waals surface area contributed by atoms with Crippen LogP contribution in [0.3, 0.4) is 0 Å². The van der Waals surface area contributed by atoms with Gasteiger partial charge in [0.05, 0.1) is 6.42 Å². The van der Waals surface area contributed by atoms with Gasteiger partial charge in [0.15, 0.2) is 6.61 Å². The molecular formula is C16H20N2O3. The molecule has 1 atom stereocenters. The number of carbonyl (C=O) groups is 2. The molecule has 0 aliphatic rings. The summed E-state index contributed by atoms with van der Waals surface area (Å²) in [6.07, 6.45) is 2.79. The lowest BCUT2D eigenvalue weighted by Gasteiger charge is -2.11. The number of hydrogen-bond donors (Lipinski definition) is 2. The summed E-state index contributed by atoms with van der Waals surface area (Å²) in [7, 11) is 0. The molecule has 1 aromatic carbocycles. The molecule has 0 radical (unpaired) electrons. The molecule has 112 valence electrons. The smallest absolute Gasteiger partial charge is 0.310 e. The quantitative estimate of drug-likeness (QED) is 0.800. The van der Waals surface area contributed by atoms with Crippen molar-refractivity contribution in [3.8, 4) is 0 Å². The first kappa shape index (κ1) is 15.1. The number of fused-ring (bicyclic) bond motifs is 1. The van der Waals surface area contributed by atoms with Gasteiger partial charge in [-0.3, -0.25) is 9.59 Å². The van der Waals surface area contributed by atoms with Crippen LogP contribution in [-0.2, 0) is 20.7 Å². The van der Waals surface area contributed by atoms with Crippen LogP contribution in [0.2, 0.25) is 0 Å². The Balaban J connectivity index is 1.86. The van der Waals surface area contributed by atoms with Crippen LogP contribution in [0.25, 0.3) is 10.9 Å². The summed E-state index contributed by atoms with van der Waals surface area (Å²) in [6, 6.07) is 7.84. The minimum Gasteiger partial charge on any atom is -0.455 e. The van der Waals surface area contributed by atoms with Crippen LogP contribution in [0.5, 0.6) is 0 Å². The highest BCUT2D eigenvalue weighted by molar-refractivity contribution is 5.88. The van der Waals surface area contributed by atoms with Crippen molar-refractivity contribution in [2.45, 2.75) is 32.7 Å². The molecule has 1 heterocycles. The Morgan fingerprint density at radius 1 is 1.33 bits per heavy atom. The lowest BCUT2D eigenvalue weighted by molar-refractivity contribution is -0.148. The lowest BCUT2D eigenvalue weighted by atomic mass is 10.1. The summed E-state index contributed by atoms with van der Waals surface area (Å²) >= 11 is 0. The van der Waals surface area contributed by atoms with Gasteiger partial charge in [-0.1, -0.05) is 25.1 Å².